The average Bonchev–Trinajstić information content (AvgIpc) is 2.93. The molecule has 1 amide bonds. The summed E-state index contributed by atoms with van der Waals surface area (Å²) in [4.78, 5) is 11.8. The van der Waals surface area contributed by atoms with E-state index < -0.39 is 0 Å². The first-order valence-electron chi connectivity index (χ1n) is 8.57. The molecule has 0 aliphatic carbocycles. The Bertz CT molecular complexity index is 888. The number of benzene rings is 2. The quantitative estimate of drug-likeness (QED) is 0.700. The third kappa shape index (κ3) is 2.71. The van der Waals surface area contributed by atoms with Crippen molar-refractivity contribution >= 4 is 16.7 Å². The molecule has 0 atom stereocenters. The Balaban J connectivity index is 2.24. The van der Waals surface area contributed by atoms with Gasteiger partial charge in [-0.15, -0.1) is 0 Å². The van der Waals surface area contributed by atoms with Crippen LogP contribution in [-0.4, -0.2) is 10.5 Å². The van der Waals surface area contributed by atoms with Gasteiger partial charge in [0.25, 0.3) is 5.91 Å². The molecule has 0 unspecified atom stereocenters. The van der Waals surface area contributed by atoms with Gasteiger partial charge in [-0.3, -0.25) is 4.79 Å². The molecular weight excluding hydrogens is 296 g/mol. The fourth-order valence-corrected chi connectivity index (χ4v) is 3.57. The van der Waals surface area contributed by atoms with Gasteiger partial charge in [0.15, 0.2) is 0 Å². The molecule has 3 rings (SSSR count). The van der Waals surface area contributed by atoms with E-state index in [-0.39, 0.29) is 5.91 Å². The molecule has 0 aliphatic heterocycles. The number of carbonyl (C=O) groups excluding carboxylic acids is 1. The van der Waals surface area contributed by atoms with E-state index in [4.69, 9.17) is 5.73 Å². The first-order valence-corrected chi connectivity index (χ1v) is 8.57. The van der Waals surface area contributed by atoms with E-state index in [0.29, 0.717) is 11.6 Å². The molecule has 0 bridgehead atoms. The van der Waals surface area contributed by atoms with Crippen LogP contribution in [0.15, 0.2) is 48.5 Å². The van der Waals surface area contributed by atoms with Crippen LogP contribution in [0.5, 0.6) is 0 Å². The summed E-state index contributed by atoms with van der Waals surface area (Å²) < 4.78 is 2.28. The zero-order valence-corrected chi connectivity index (χ0v) is 14.5. The van der Waals surface area contributed by atoms with Crippen molar-refractivity contribution in [2.45, 2.75) is 39.7 Å². The Morgan fingerprint density at radius 2 is 1.71 bits per heavy atom. The number of rotatable bonds is 5. The second-order valence-corrected chi connectivity index (χ2v) is 6.30. The molecule has 1 heterocycles. The first-order chi connectivity index (χ1) is 11.6. The van der Waals surface area contributed by atoms with Gasteiger partial charge in [-0.05, 0) is 48.2 Å². The van der Waals surface area contributed by atoms with E-state index in [1.807, 2.05) is 25.1 Å². The topological polar surface area (TPSA) is 48.0 Å². The number of aromatic nitrogens is 1. The van der Waals surface area contributed by atoms with Gasteiger partial charge in [0.2, 0.25) is 0 Å². The van der Waals surface area contributed by atoms with Crippen LogP contribution in [0.3, 0.4) is 0 Å². The Kier molecular flexibility index (Phi) is 4.43. The van der Waals surface area contributed by atoms with Gasteiger partial charge >= 0.3 is 0 Å². The minimum Gasteiger partial charge on any atom is -0.366 e. The van der Waals surface area contributed by atoms with Crippen LogP contribution < -0.4 is 5.73 Å². The molecule has 0 saturated heterocycles. The normalized spacial score (nSPS) is 11.3. The van der Waals surface area contributed by atoms with E-state index in [2.05, 4.69) is 48.7 Å². The maximum Gasteiger partial charge on any atom is 0.250 e. The average molecular weight is 320 g/mol. The molecule has 2 N–H and O–H groups in total. The minimum absolute atomic E-state index is 0.361. The second kappa shape index (κ2) is 6.52. The molecule has 0 saturated carbocycles. The molecule has 24 heavy (non-hydrogen) atoms. The lowest BCUT2D eigenvalue weighted by Gasteiger charge is -2.21. The molecule has 0 radical (unpaired) electrons. The highest BCUT2D eigenvalue weighted by atomic mass is 16.1. The summed E-state index contributed by atoms with van der Waals surface area (Å²) in [6.45, 7) is 6.35. The SMILES string of the molecule is CCC(CC)n1c(-c2ccc3ccccc3c2)cc(C(N)=O)c1C. The molecule has 0 spiro atoms. The van der Waals surface area contributed by atoms with E-state index in [1.165, 1.54) is 10.8 Å². The Morgan fingerprint density at radius 1 is 1.04 bits per heavy atom. The zero-order valence-electron chi connectivity index (χ0n) is 14.5. The van der Waals surface area contributed by atoms with Crippen LogP contribution in [0.2, 0.25) is 0 Å². The third-order valence-corrected chi connectivity index (χ3v) is 4.91. The van der Waals surface area contributed by atoms with Gasteiger partial charge in [-0.25, -0.2) is 0 Å². The van der Waals surface area contributed by atoms with Crippen molar-refractivity contribution in [3.05, 3.63) is 59.8 Å². The van der Waals surface area contributed by atoms with Crippen molar-refractivity contribution in [3.63, 3.8) is 0 Å². The van der Waals surface area contributed by atoms with Gasteiger partial charge in [0.05, 0.1) is 5.56 Å². The molecule has 124 valence electrons. The second-order valence-electron chi connectivity index (χ2n) is 6.30. The highest BCUT2D eigenvalue weighted by molar-refractivity contribution is 5.96. The number of nitrogens with two attached hydrogens (primary N) is 1. The first kappa shape index (κ1) is 16.3. The summed E-state index contributed by atoms with van der Waals surface area (Å²) in [6.07, 6.45) is 2.04. The Hall–Kier alpha value is -2.55. The van der Waals surface area contributed by atoms with Crippen LogP contribution in [0, 0.1) is 6.92 Å². The number of carbonyl (C=O) groups is 1. The molecule has 3 aromatic rings. The van der Waals surface area contributed by atoms with Crippen molar-refractivity contribution < 1.29 is 4.79 Å². The van der Waals surface area contributed by atoms with E-state index in [1.54, 1.807) is 0 Å². The van der Waals surface area contributed by atoms with Crippen LogP contribution in [0.4, 0.5) is 0 Å². The summed E-state index contributed by atoms with van der Waals surface area (Å²) in [6, 6.07) is 17.1. The third-order valence-electron chi connectivity index (χ3n) is 4.91. The maximum absolute atomic E-state index is 11.8. The summed E-state index contributed by atoms with van der Waals surface area (Å²) in [5.74, 6) is -0.362. The lowest BCUT2D eigenvalue weighted by molar-refractivity contribution is 0.0999. The number of hydrogen-bond donors (Lipinski definition) is 1. The van der Waals surface area contributed by atoms with Crippen LogP contribution in [0.1, 0.15) is 48.8 Å². The Morgan fingerprint density at radius 3 is 2.33 bits per heavy atom. The fourth-order valence-electron chi connectivity index (χ4n) is 3.57. The highest BCUT2D eigenvalue weighted by Crippen LogP contribution is 2.33. The van der Waals surface area contributed by atoms with Crippen molar-refractivity contribution in [1.82, 2.24) is 4.57 Å². The van der Waals surface area contributed by atoms with Crippen LogP contribution in [0.25, 0.3) is 22.0 Å². The summed E-state index contributed by atoms with van der Waals surface area (Å²) in [7, 11) is 0. The number of fused-ring (bicyclic) bond motifs is 1. The van der Waals surface area contributed by atoms with Crippen molar-refractivity contribution in [1.29, 1.82) is 0 Å². The predicted molar refractivity (Wildman–Crippen MR) is 100 cm³/mol. The largest absolute Gasteiger partial charge is 0.366 e. The van der Waals surface area contributed by atoms with E-state index in [0.717, 1.165) is 29.8 Å². The van der Waals surface area contributed by atoms with Crippen LogP contribution in [-0.2, 0) is 0 Å². The number of amides is 1. The standard InChI is InChI=1S/C21H24N2O/c1-4-18(5-2)23-14(3)19(21(22)24)13-20(23)17-11-10-15-8-6-7-9-16(15)12-17/h6-13,18H,4-5H2,1-3H3,(H2,22,24). The van der Waals surface area contributed by atoms with Crippen molar-refractivity contribution in [2.24, 2.45) is 5.73 Å². The molecule has 2 aromatic carbocycles. The molecule has 1 aromatic heterocycles. The summed E-state index contributed by atoms with van der Waals surface area (Å²) in [5, 5.41) is 2.42. The monoisotopic (exact) mass is 320 g/mol. The smallest absolute Gasteiger partial charge is 0.250 e. The molecule has 0 aliphatic rings. The van der Waals surface area contributed by atoms with E-state index >= 15 is 0 Å². The molecule has 3 nitrogen and oxygen atoms in total. The predicted octanol–water partition coefficient (Wildman–Crippen LogP) is 5.08. The van der Waals surface area contributed by atoms with Gasteiger partial charge in [-0.1, -0.05) is 50.2 Å². The Labute approximate surface area is 143 Å². The fraction of sp³-hybridized carbons (Fsp3) is 0.286. The minimum atomic E-state index is -0.362. The maximum atomic E-state index is 11.8. The van der Waals surface area contributed by atoms with Gasteiger partial charge in [-0.2, -0.15) is 0 Å². The van der Waals surface area contributed by atoms with Crippen LogP contribution >= 0.6 is 0 Å². The molecular formula is C21H24N2O. The van der Waals surface area contributed by atoms with Gasteiger partial charge in [0, 0.05) is 17.4 Å². The molecule has 0 fully saturated rings. The van der Waals surface area contributed by atoms with Gasteiger partial charge < -0.3 is 10.3 Å². The zero-order chi connectivity index (χ0) is 17.3. The van der Waals surface area contributed by atoms with Gasteiger partial charge in [0.1, 0.15) is 0 Å². The summed E-state index contributed by atoms with van der Waals surface area (Å²) in [5.41, 5.74) is 9.36. The number of primary amides is 1. The lowest BCUT2D eigenvalue weighted by Crippen LogP contribution is -2.14. The van der Waals surface area contributed by atoms with Crippen molar-refractivity contribution in [2.75, 3.05) is 0 Å². The lowest BCUT2D eigenvalue weighted by atomic mass is 10.0. The number of nitrogens with zero attached hydrogens (tertiary/aromatic N) is 1. The number of hydrogen-bond acceptors (Lipinski definition) is 1. The van der Waals surface area contributed by atoms with Crippen molar-refractivity contribution in [3.8, 4) is 11.3 Å². The highest BCUT2D eigenvalue weighted by Gasteiger charge is 2.20. The summed E-state index contributed by atoms with van der Waals surface area (Å²) >= 11 is 0. The van der Waals surface area contributed by atoms with E-state index in [9.17, 15) is 4.79 Å². The molecule has 3 heteroatoms.